The zero-order chi connectivity index (χ0) is 27.1. The van der Waals surface area contributed by atoms with Gasteiger partial charge in [-0.1, -0.05) is 48.5 Å². The Kier molecular flexibility index (Phi) is 6.34. The largest absolute Gasteiger partial charge is 0.497 e. The first kappa shape index (κ1) is 25.1. The minimum absolute atomic E-state index is 0.0173. The second-order valence-electron chi connectivity index (χ2n) is 9.73. The van der Waals surface area contributed by atoms with Gasteiger partial charge in [-0.05, 0) is 36.8 Å². The van der Waals surface area contributed by atoms with Crippen LogP contribution in [-0.4, -0.2) is 40.6 Å². The fraction of sp³-hybridized carbons (Fsp3) is 0.267. The zero-order valence-corrected chi connectivity index (χ0v) is 21.5. The molecule has 1 unspecified atom stereocenters. The van der Waals surface area contributed by atoms with E-state index in [0.717, 1.165) is 16.7 Å². The van der Waals surface area contributed by atoms with Gasteiger partial charge in [0, 0.05) is 29.3 Å². The maximum absolute atomic E-state index is 12.5. The Morgan fingerprint density at radius 1 is 1.00 bits per heavy atom. The van der Waals surface area contributed by atoms with E-state index in [-0.39, 0.29) is 13.0 Å². The van der Waals surface area contributed by atoms with Crippen LogP contribution < -0.4 is 20.7 Å². The van der Waals surface area contributed by atoms with Gasteiger partial charge in [0.2, 0.25) is 0 Å². The average molecular weight is 529 g/mol. The molecular weight excluding hydrogens is 500 g/mol. The van der Waals surface area contributed by atoms with Gasteiger partial charge in [-0.2, -0.15) is 0 Å². The molecule has 200 valence electrons. The molecule has 0 amide bonds. The molecule has 9 heteroatoms. The number of methoxy groups -OCH3 is 1. The Morgan fingerprint density at radius 3 is 2.28 bits per heavy atom. The molecule has 3 heterocycles. The Hall–Kier alpha value is -4.18. The number of ether oxygens (including phenoxy) is 4. The maximum Gasteiger partial charge on any atom is 0.330 e. The molecule has 4 aromatic rings. The van der Waals surface area contributed by atoms with Crippen LogP contribution >= 0.6 is 0 Å². The third kappa shape index (κ3) is 4.24. The fourth-order valence-electron chi connectivity index (χ4n) is 5.38. The van der Waals surface area contributed by atoms with Crippen molar-refractivity contribution in [2.45, 2.75) is 37.4 Å². The standard InChI is InChI=1S/C30H28N2O7/c1-18-16-32(29(35)31-28(18)34)27-15-23(33)26(39-27)17-37-30(19-11-13-20(36-2)14-12-19)21-7-3-5-9-24(21)38-25-10-6-4-8-22(25)30/h3-14,16,23,26-27,33H,15,17H2,1-2H3,(H,31,34,35)/t23?,26-,27-/m1/s1. The number of nitrogens with zero attached hydrogens (tertiary/aromatic N) is 1. The van der Waals surface area contributed by atoms with Crippen LogP contribution in [0.5, 0.6) is 17.2 Å². The number of H-pyrrole nitrogens is 1. The number of fused-ring (bicyclic) bond motifs is 2. The van der Waals surface area contributed by atoms with Gasteiger partial charge in [0.05, 0.1) is 19.8 Å². The van der Waals surface area contributed by atoms with Crippen LogP contribution in [0, 0.1) is 6.92 Å². The Bertz CT molecular complexity index is 1580. The smallest absolute Gasteiger partial charge is 0.330 e. The highest BCUT2D eigenvalue weighted by Crippen LogP contribution is 2.52. The Labute approximate surface area is 224 Å². The molecule has 2 aliphatic rings. The van der Waals surface area contributed by atoms with Gasteiger partial charge in [-0.3, -0.25) is 14.3 Å². The highest BCUT2D eigenvalue weighted by Gasteiger charge is 2.47. The predicted molar refractivity (Wildman–Crippen MR) is 142 cm³/mol. The van der Waals surface area contributed by atoms with Crippen LogP contribution in [0.4, 0.5) is 0 Å². The van der Waals surface area contributed by atoms with Crippen LogP contribution in [0.25, 0.3) is 0 Å². The van der Waals surface area contributed by atoms with Gasteiger partial charge >= 0.3 is 5.69 Å². The number of aromatic nitrogens is 2. The van der Waals surface area contributed by atoms with Crippen molar-refractivity contribution in [2.75, 3.05) is 13.7 Å². The van der Waals surface area contributed by atoms with Crippen LogP contribution in [-0.2, 0) is 15.1 Å². The van der Waals surface area contributed by atoms with Gasteiger partial charge in [-0.25, -0.2) is 4.79 Å². The van der Waals surface area contributed by atoms with E-state index in [1.54, 1.807) is 14.0 Å². The third-order valence-corrected chi connectivity index (χ3v) is 7.37. The minimum atomic E-state index is -1.08. The summed E-state index contributed by atoms with van der Waals surface area (Å²) in [5.41, 5.74) is 0.726. The number of aryl methyl sites for hydroxylation is 1. The number of hydrogen-bond acceptors (Lipinski definition) is 7. The van der Waals surface area contributed by atoms with Crippen molar-refractivity contribution < 1.29 is 24.1 Å². The SMILES string of the molecule is COc1ccc(C2(OC[C@H]3O[C@@H](n4cc(C)c(=O)[nH]c4=O)CC3O)c3ccccc3Oc3ccccc32)cc1. The summed E-state index contributed by atoms with van der Waals surface area (Å²) in [6.07, 6.45) is -0.752. The monoisotopic (exact) mass is 528 g/mol. The first-order chi connectivity index (χ1) is 18.9. The van der Waals surface area contributed by atoms with Crippen molar-refractivity contribution in [3.8, 4) is 17.2 Å². The molecule has 2 aliphatic heterocycles. The van der Waals surface area contributed by atoms with E-state index < -0.39 is 35.3 Å². The molecule has 3 aromatic carbocycles. The molecule has 2 N–H and O–H groups in total. The molecule has 1 fully saturated rings. The van der Waals surface area contributed by atoms with Gasteiger partial charge in [-0.15, -0.1) is 0 Å². The number of para-hydroxylation sites is 2. The normalized spacial score (nSPS) is 21.1. The van der Waals surface area contributed by atoms with E-state index in [9.17, 15) is 14.7 Å². The zero-order valence-electron chi connectivity index (χ0n) is 21.5. The summed E-state index contributed by atoms with van der Waals surface area (Å²) >= 11 is 0. The molecule has 3 atom stereocenters. The second-order valence-corrected chi connectivity index (χ2v) is 9.73. The van der Waals surface area contributed by atoms with E-state index in [1.807, 2.05) is 72.8 Å². The molecular formula is C30H28N2O7. The molecule has 39 heavy (non-hydrogen) atoms. The summed E-state index contributed by atoms with van der Waals surface area (Å²) in [5.74, 6) is 2.03. The van der Waals surface area contributed by atoms with Gasteiger partial charge < -0.3 is 24.1 Å². The fourth-order valence-corrected chi connectivity index (χ4v) is 5.38. The lowest BCUT2D eigenvalue weighted by molar-refractivity contribution is -0.0961. The molecule has 1 saturated heterocycles. The van der Waals surface area contributed by atoms with Gasteiger partial charge in [0.1, 0.15) is 29.6 Å². The lowest BCUT2D eigenvalue weighted by Crippen LogP contribution is -2.39. The molecule has 0 radical (unpaired) electrons. The molecule has 0 saturated carbocycles. The maximum atomic E-state index is 12.5. The van der Waals surface area contributed by atoms with Crippen LogP contribution in [0.15, 0.2) is 88.6 Å². The Morgan fingerprint density at radius 2 is 1.64 bits per heavy atom. The minimum Gasteiger partial charge on any atom is -0.497 e. The van der Waals surface area contributed by atoms with Gasteiger partial charge in [0.15, 0.2) is 5.60 Å². The van der Waals surface area contributed by atoms with Crippen molar-refractivity contribution in [2.24, 2.45) is 0 Å². The number of hydrogen-bond donors (Lipinski definition) is 2. The van der Waals surface area contributed by atoms with Crippen LogP contribution in [0.2, 0.25) is 0 Å². The van der Waals surface area contributed by atoms with Crippen LogP contribution in [0.3, 0.4) is 0 Å². The molecule has 0 aliphatic carbocycles. The quantitative estimate of drug-likeness (QED) is 0.393. The van der Waals surface area contributed by atoms with Crippen LogP contribution in [0.1, 0.15) is 34.9 Å². The second kappa shape index (κ2) is 9.85. The predicted octanol–water partition coefficient (Wildman–Crippen LogP) is 3.62. The van der Waals surface area contributed by atoms with Crippen molar-refractivity contribution in [3.63, 3.8) is 0 Å². The topological polar surface area (TPSA) is 112 Å². The molecule has 9 nitrogen and oxygen atoms in total. The summed E-state index contributed by atoms with van der Waals surface area (Å²) in [6.45, 7) is 1.63. The Balaban J connectivity index is 1.40. The summed E-state index contributed by atoms with van der Waals surface area (Å²) < 4.78 is 25.9. The van der Waals surface area contributed by atoms with E-state index in [4.69, 9.17) is 18.9 Å². The van der Waals surface area contributed by atoms with E-state index in [1.165, 1.54) is 10.8 Å². The third-order valence-electron chi connectivity index (χ3n) is 7.37. The van der Waals surface area contributed by atoms with Crippen molar-refractivity contribution in [1.82, 2.24) is 9.55 Å². The van der Waals surface area contributed by atoms with Crippen molar-refractivity contribution in [1.29, 1.82) is 0 Å². The summed E-state index contributed by atoms with van der Waals surface area (Å²) in [6, 6.07) is 23.1. The number of aromatic amines is 1. The number of aliphatic hydroxyl groups is 1. The highest BCUT2D eigenvalue weighted by atomic mass is 16.6. The van der Waals surface area contributed by atoms with E-state index >= 15 is 0 Å². The van der Waals surface area contributed by atoms with Gasteiger partial charge in [0.25, 0.3) is 5.56 Å². The summed E-state index contributed by atoms with van der Waals surface area (Å²) in [7, 11) is 1.62. The number of aliphatic hydroxyl groups excluding tert-OH is 1. The van der Waals surface area contributed by atoms with E-state index in [2.05, 4.69) is 4.98 Å². The average Bonchev–Trinajstić information content (AvgIpc) is 3.33. The molecule has 1 aromatic heterocycles. The number of benzene rings is 3. The summed E-state index contributed by atoms with van der Waals surface area (Å²) in [5, 5.41) is 10.9. The van der Waals surface area contributed by atoms with Crippen molar-refractivity contribution >= 4 is 0 Å². The molecule has 0 spiro atoms. The first-order valence-corrected chi connectivity index (χ1v) is 12.7. The first-order valence-electron chi connectivity index (χ1n) is 12.7. The van der Waals surface area contributed by atoms with E-state index in [0.29, 0.717) is 22.8 Å². The molecule has 0 bridgehead atoms. The number of nitrogens with one attached hydrogen (secondary N) is 1. The number of rotatable bonds is 6. The highest BCUT2D eigenvalue weighted by molar-refractivity contribution is 5.61. The molecule has 6 rings (SSSR count). The lowest BCUT2D eigenvalue weighted by atomic mass is 9.77. The lowest BCUT2D eigenvalue weighted by Gasteiger charge is -2.41. The summed E-state index contributed by atoms with van der Waals surface area (Å²) in [4.78, 5) is 26.6. The van der Waals surface area contributed by atoms with Crippen molar-refractivity contribution in [3.05, 3.63) is 122 Å².